The van der Waals surface area contributed by atoms with Crippen molar-refractivity contribution in [1.82, 2.24) is 5.32 Å². The first-order valence-corrected chi connectivity index (χ1v) is 9.75. The Hall–Kier alpha value is -0.900. The predicted molar refractivity (Wildman–Crippen MR) is 90.9 cm³/mol. The maximum atomic E-state index is 12.2. The molecule has 1 saturated heterocycles. The summed E-state index contributed by atoms with van der Waals surface area (Å²) in [5.74, 6) is 2.23. The third kappa shape index (κ3) is 1.95. The van der Waals surface area contributed by atoms with Crippen LogP contribution in [0.25, 0.3) is 0 Å². The number of hydrogen-bond donors (Lipinski definition) is 2. The molecular formula is C20H31NO3. The first-order valence-electron chi connectivity index (χ1n) is 9.75. The minimum atomic E-state index is -1.03. The number of nitrogens with one attached hydrogen (secondary N) is 1. The van der Waals surface area contributed by atoms with Gasteiger partial charge in [-0.1, -0.05) is 13.8 Å². The predicted octanol–water partition coefficient (Wildman–Crippen LogP) is 3.03. The van der Waals surface area contributed by atoms with Crippen molar-refractivity contribution in [3.63, 3.8) is 0 Å². The lowest BCUT2D eigenvalue weighted by Gasteiger charge is -2.63. The Balaban J connectivity index is 1.66. The van der Waals surface area contributed by atoms with Crippen LogP contribution in [0.3, 0.4) is 0 Å². The summed E-state index contributed by atoms with van der Waals surface area (Å²) >= 11 is 0. The third-order valence-corrected chi connectivity index (χ3v) is 8.75. The van der Waals surface area contributed by atoms with E-state index < -0.39 is 5.72 Å². The van der Waals surface area contributed by atoms with Crippen LogP contribution < -0.4 is 5.32 Å². The summed E-state index contributed by atoms with van der Waals surface area (Å²) < 4.78 is 0. The van der Waals surface area contributed by atoms with E-state index >= 15 is 0 Å². The normalized spacial score (nSPS) is 53.6. The third-order valence-electron chi connectivity index (χ3n) is 8.75. The molecule has 1 heterocycles. The van der Waals surface area contributed by atoms with Crippen molar-refractivity contribution in [1.29, 1.82) is 0 Å². The van der Waals surface area contributed by atoms with Crippen LogP contribution >= 0.6 is 0 Å². The number of hydrogen-bond acceptors (Lipinski definition) is 3. The van der Waals surface area contributed by atoms with E-state index in [1.54, 1.807) is 6.92 Å². The Labute approximate surface area is 144 Å². The average molecular weight is 333 g/mol. The first-order chi connectivity index (χ1) is 11.2. The molecule has 0 bridgehead atoms. The molecule has 4 heteroatoms. The van der Waals surface area contributed by atoms with Crippen molar-refractivity contribution >= 4 is 11.7 Å². The molecule has 0 spiro atoms. The molecule has 0 aromatic heterocycles. The zero-order chi connectivity index (χ0) is 17.3. The first kappa shape index (κ1) is 16.6. The van der Waals surface area contributed by atoms with Crippen LogP contribution in [0, 0.1) is 34.5 Å². The molecule has 0 radical (unpaired) electrons. The zero-order valence-electron chi connectivity index (χ0n) is 15.2. The summed E-state index contributed by atoms with van der Waals surface area (Å²) in [5.41, 5.74) is -1.11. The summed E-state index contributed by atoms with van der Waals surface area (Å²) in [6.07, 6.45) is 7.31. The molecule has 4 fully saturated rings. The van der Waals surface area contributed by atoms with Gasteiger partial charge in [-0.2, -0.15) is 0 Å². The van der Waals surface area contributed by atoms with Gasteiger partial charge in [0.15, 0.2) is 0 Å². The number of fused-ring (bicyclic) bond motifs is 5. The molecule has 1 amide bonds. The lowest BCUT2D eigenvalue weighted by molar-refractivity contribution is -0.216. The number of rotatable bonds is 1. The molecule has 7 atom stereocenters. The van der Waals surface area contributed by atoms with Gasteiger partial charge in [0.25, 0.3) is 0 Å². The van der Waals surface area contributed by atoms with Gasteiger partial charge in [0.1, 0.15) is 11.5 Å². The quantitative estimate of drug-likeness (QED) is 0.775. The molecule has 1 aliphatic heterocycles. The standard InChI is InChI=1S/C20H31NO3/c1-12(22)14-4-5-15-13-6-11-20(24)19(3,10-8-17(23)21-20)16(13)7-9-18(14,15)2/h13-16,24H,4-11H2,1-3H3,(H,21,23)/t13-,14+,15?,16?,18+,19+,20?/m0/s1. The number of amides is 1. The van der Waals surface area contributed by atoms with Crippen molar-refractivity contribution in [3.05, 3.63) is 0 Å². The molecular weight excluding hydrogens is 302 g/mol. The number of aliphatic hydroxyl groups is 1. The Morgan fingerprint density at radius 2 is 1.83 bits per heavy atom. The average Bonchev–Trinajstić information content (AvgIpc) is 2.86. The van der Waals surface area contributed by atoms with E-state index in [0.29, 0.717) is 36.4 Å². The maximum Gasteiger partial charge on any atom is 0.222 e. The molecule has 3 saturated carbocycles. The Bertz CT molecular complexity index is 589. The molecule has 4 rings (SSSR count). The van der Waals surface area contributed by atoms with Crippen molar-refractivity contribution < 1.29 is 14.7 Å². The number of ketones is 1. The van der Waals surface area contributed by atoms with Gasteiger partial charge in [0, 0.05) is 17.8 Å². The van der Waals surface area contributed by atoms with Gasteiger partial charge in [-0.15, -0.1) is 0 Å². The highest BCUT2D eigenvalue weighted by molar-refractivity contribution is 5.79. The molecule has 24 heavy (non-hydrogen) atoms. The summed E-state index contributed by atoms with van der Waals surface area (Å²) in [7, 11) is 0. The van der Waals surface area contributed by atoms with E-state index in [4.69, 9.17) is 0 Å². The highest BCUT2D eigenvalue weighted by Gasteiger charge is 2.65. The Morgan fingerprint density at radius 3 is 2.54 bits per heavy atom. The zero-order valence-corrected chi connectivity index (χ0v) is 15.2. The van der Waals surface area contributed by atoms with Crippen molar-refractivity contribution in [2.75, 3.05) is 0 Å². The van der Waals surface area contributed by atoms with Gasteiger partial charge in [0.2, 0.25) is 5.91 Å². The van der Waals surface area contributed by atoms with Gasteiger partial charge < -0.3 is 10.4 Å². The fraction of sp³-hybridized carbons (Fsp3) is 0.900. The van der Waals surface area contributed by atoms with Crippen molar-refractivity contribution in [2.45, 2.75) is 77.9 Å². The summed E-state index contributed by atoms with van der Waals surface area (Å²) in [6, 6.07) is 0. The van der Waals surface area contributed by atoms with Crippen LogP contribution in [0.1, 0.15) is 72.1 Å². The molecule has 3 aliphatic carbocycles. The fourth-order valence-electron chi connectivity index (χ4n) is 7.38. The van der Waals surface area contributed by atoms with Crippen LogP contribution in [0.5, 0.6) is 0 Å². The van der Waals surface area contributed by atoms with E-state index in [2.05, 4.69) is 19.2 Å². The van der Waals surface area contributed by atoms with Crippen LogP contribution in [-0.4, -0.2) is 22.5 Å². The van der Waals surface area contributed by atoms with E-state index in [1.807, 2.05) is 0 Å². The van der Waals surface area contributed by atoms with Crippen molar-refractivity contribution in [3.8, 4) is 0 Å². The van der Waals surface area contributed by atoms with E-state index in [9.17, 15) is 14.7 Å². The topological polar surface area (TPSA) is 66.4 Å². The Kier molecular flexibility index (Phi) is 3.49. The number of piperidine rings is 1. The van der Waals surface area contributed by atoms with Gasteiger partial charge in [-0.3, -0.25) is 9.59 Å². The van der Waals surface area contributed by atoms with E-state index in [0.717, 1.165) is 38.5 Å². The minimum absolute atomic E-state index is 0.00779. The summed E-state index contributed by atoms with van der Waals surface area (Å²) in [5, 5.41) is 14.1. The molecule has 0 aromatic rings. The van der Waals surface area contributed by atoms with E-state index in [1.165, 1.54) is 0 Å². The van der Waals surface area contributed by atoms with Gasteiger partial charge in [-0.25, -0.2) is 0 Å². The minimum Gasteiger partial charge on any atom is -0.370 e. The largest absolute Gasteiger partial charge is 0.370 e. The second kappa shape index (κ2) is 5.06. The van der Waals surface area contributed by atoms with Crippen LogP contribution in [0.4, 0.5) is 0 Å². The van der Waals surface area contributed by atoms with Crippen molar-refractivity contribution in [2.24, 2.45) is 34.5 Å². The number of carbonyl (C=O) groups excluding carboxylic acids is 2. The maximum absolute atomic E-state index is 12.2. The van der Waals surface area contributed by atoms with Crippen LogP contribution in [-0.2, 0) is 9.59 Å². The molecule has 4 nitrogen and oxygen atoms in total. The van der Waals surface area contributed by atoms with E-state index in [-0.39, 0.29) is 22.7 Å². The monoisotopic (exact) mass is 333 g/mol. The fourth-order valence-corrected chi connectivity index (χ4v) is 7.38. The number of carbonyl (C=O) groups is 2. The highest BCUT2D eigenvalue weighted by atomic mass is 16.3. The molecule has 0 aromatic carbocycles. The molecule has 134 valence electrons. The smallest absolute Gasteiger partial charge is 0.222 e. The van der Waals surface area contributed by atoms with Crippen LogP contribution in [0.15, 0.2) is 0 Å². The lowest BCUT2D eigenvalue weighted by Crippen LogP contribution is -2.69. The molecule has 2 N–H and O–H groups in total. The highest BCUT2D eigenvalue weighted by Crippen LogP contribution is 2.67. The molecule has 3 unspecified atom stereocenters. The van der Waals surface area contributed by atoms with Gasteiger partial charge >= 0.3 is 0 Å². The van der Waals surface area contributed by atoms with Gasteiger partial charge in [0.05, 0.1) is 0 Å². The summed E-state index contributed by atoms with van der Waals surface area (Å²) in [4.78, 5) is 24.0. The second-order valence-corrected chi connectivity index (χ2v) is 9.53. The second-order valence-electron chi connectivity index (χ2n) is 9.53. The van der Waals surface area contributed by atoms with Crippen LogP contribution in [0.2, 0.25) is 0 Å². The molecule has 4 aliphatic rings. The SMILES string of the molecule is CC(=O)[C@H]1CCC2[C@@H]3CCC4(O)NC(=O)CC[C@]4(C)C3CC[C@@]21C. The Morgan fingerprint density at radius 1 is 1.08 bits per heavy atom. The number of Topliss-reactive ketones (excluding diaryl/α,β-unsaturated/α-hetero) is 1. The van der Waals surface area contributed by atoms with Gasteiger partial charge in [-0.05, 0) is 75.0 Å². The summed E-state index contributed by atoms with van der Waals surface area (Å²) in [6.45, 7) is 6.31. The lowest BCUT2D eigenvalue weighted by atomic mass is 9.46.